The van der Waals surface area contributed by atoms with E-state index in [4.69, 9.17) is 0 Å². The minimum absolute atomic E-state index is 0.250. The lowest BCUT2D eigenvalue weighted by molar-refractivity contribution is 0.107. The Morgan fingerprint density at radius 3 is 2.50 bits per heavy atom. The molecule has 0 radical (unpaired) electrons. The van der Waals surface area contributed by atoms with Gasteiger partial charge in [-0.3, -0.25) is 4.90 Å². The lowest BCUT2D eigenvalue weighted by Gasteiger charge is -2.39. The molecule has 18 heavy (non-hydrogen) atoms. The molecular formula is C15H29N3. The summed E-state index contributed by atoms with van der Waals surface area (Å²) in [5, 5.41) is 9.32. The van der Waals surface area contributed by atoms with Gasteiger partial charge in [0.05, 0.1) is 12.0 Å². The highest BCUT2D eigenvalue weighted by atomic mass is 15.2. The van der Waals surface area contributed by atoms with Crippen LogP contribution in [0.25, 0.3) is 0 Å². The first kappa shape index (κ1) is 15.5. The maximum absolute atomic E-state index is 9.32. The molecule has 3 unspecified atom stereocenters. The summed E-state index contributed by atoms with van der Waals surface area (Å²) in [4.78, 5) is 4.77. The summed E-state index contributed by atoms with van der Waals surface area (Å²) in [5.74, 6) is 1.03. The van der Waals surface area contributed by atoms with Crippen LogP contribution in [0.1, 0.15) is 39.5 Å². The van der Waals surface area contributed by atoms with Gasteiger partial charge in [0.1, 0.15) is 0 Å². The molecule has 3 atom stereocenters. The highest BCUT2D eigenvalue weighted by Gasteiger charge is 2.32. The standard InChI is InChI=1S/C15H29N3/c1-5-18(10-6-9-17(3)4)15-11-13(2)7-8-14(15)12-16/h13-15H,5-11H2,1-4H3. The van der Waals surface area contributed by atoms with Crippen molar-refractivity contribution in [3.8, 4) is 6.07 Å². The molecule has 0 aromatic rings. The first-order valence-electron chi connectivity index (χ1n) is 7.36. The van der Waals surface area contributed by atoms with Crippen molar-refractivity contribution in [1.29, 1.82) is 5.26 Å². The van der Waals surface area contributed by atoms with Gasteiger partial charge >= 0.3 is 0 Å². The van der Waals surface area contributed by atoms with Gasteiger partial charge in [-0.05, 0) is 65.3 Å². The molecule has 0 spiro atoms. The highest BCUT2D eigenvalue weighted by molar-refractivity contribution is 4.96. The largest absolute Gasteiger partial charge is 0.309 e. The Kier molecular flexibility index (Phi) is 6.67. The molecule has 1 fully saturated rings. The lowest BCUT2D eigenvalue weighted by Crippen LogP contribution is -2.44. The summed E-state index contributed by atoms with van der Waals surface area (Å²) in [6, 6.07) is 3.03. The van der Waals surface area contributed by atoms with Crippen LogP contribution in [-0.2, 0) is 0 Å². The van der Waals surface area contributed by atoms with Gasteiger partial charge in [-0.25, -0.2) is 0 Å². The van der Waals surface area contributed by atoms with Crippen molar-refractivity contribution in [3.05, 3.63) is 0 Å². The third-order valence-electron chi connectivity index (χ3n) is 4.17. The fourth-order valence-electron chi connectivity index (χ4n) is 3.05. The van der Waals surface area contributed by atoms with E-state index in [0.29, 0.717) is 6.04 Å². The van der Waals surface area contributed by atoms with Crippen molar-refractivity contribution in [2.24, 2.45) is 11.8 Å². The minimum atomic E-state index is 0.250. The van der Waals surface area contributed by atoms with Crippen LogP contribution in [0.4, 0.5) is 0 Å². The Bertz CT molecular complexity index is 269. The average Bonchev–Trinajstić information content (AvgIpc) is 2.34. The highest BCUT2D eigenvalue weighted by Crippen LogP contribution is 2.31. The van der Waals surface area contributed by atoms with Crippen molar-refractivity contribution in [1.82, 2.24) is 9.80 Å². The summed E-state index contributed by atoms with van der Waals surface area (Å²) < 4.78 is 0. The Hall–Kier alpha value is -0.590. The molecule has 1 aliphatic rings. The summed E-state index contributed by atoms with van der Waals surface area (Å²) in [5.41, 5.74) is 0. The molecule has 0 aromatic carbocycles. The first-order chi connectivity index (χ1) is 8.58. The van der Waals surface area contributed by atoms with Crippen LogP contribution in [0, 0.1) is 23.2 Å². The van der Waals surface area contributed by atoms with Gasteiger partial charge in [-0.1, -0.05) is 13.8 Å². The summed E-state index contributed by atoms with van der Waals surface area (Å²) >= 11 is 0. The molecule has 0 heterocycles. The zero-order valence-corrected chi connectivity index (χ0v) is 12.5. The molecule has 0 bridgehead atoms. The van der Waals surface area contributed by atoms with Crippen LogP contribution in [-0.4, -0.2) is 49.6 Å². The fourth-order valence-corrected chi connectivity index (χ4v) is 3.05. The number of nitriles is 1. The van der Waals surface area contributed by atoms with Gasteiger partial charge in [0, 0.05) is 6.04 Å². The van der Waals surface area contributed by atoms with Crippen molar-refractivity contribution in [2.75, 3.05) is 33.7 Å². The van der Waals surface area contributed by atoms with Crippen LogP contribution in [0.15, 0.2) is 0 Å². The van der Waals surface area contributed by atoms with E-state index in [1.165, 1.54) is 19.3 Å². The van der Waals surface area contributed by atoms with Crippen LogP contribution in [0.5, 0.6) is 0 Å². The van der Waals surface area contributed by atoms with E-state index < -0.39 is 0 Å². The second kappa shape index (κ2) is 7.76. The van der Waals surface area contributed by atoms with Gasteiger partial charge in [0.2, 0.25) is 0 Å². The van der Waals surface area contributed by atoms with E-state index in [9.17, 15) is 5.26 Å². The molecule has 0 saturated heterocycles. The minimum Gasteiger partial charge on any atom is -0.309 e. The van der Waals surface area contributed by atoms with Crippen molar-refractivity contribution in [3.63, 3.8) is 0 Å². The van der Waals surface area contributed by atoms with Crippen LogP contribution < -0.4 is 0 Å². The first-order valence-corrected chi connectivity index (χ1v) is 7.36. The van der Waals surface area contributed by atoms with Crippen LogP contribution in [0.2, 0.25) is 0 Å². The van der Waals surface area contributed by atoms with Crippen molar-refractivity contribution in [2.45, 2.75) is 45.6 Å². The molecule has 0 aromatic heterocycles. The van der Waals surface area contributed by atoms with Gasteiger partial charge in [0.25, 0.3) is 0 Å². The predicted molar refractivity (Wildman–Crippen MR) is 76.3 cm³/mol. The molecule has 104 valence electrons. The maximum atomic E-state index is 9.32. The summed E-state index contributed by atoms with van der Waals surface area (Å²) in [6.45, 7) is 7.89. The van der Waals surface area contributed by atoms with E-state index in [-0.39, 0.29) is 5.92 Å². The Morgan fingerprint density at radius 2 is 1.94 bits per heavy atom. The number of hydrogen-bond acceptors (Lipinski definition) is 3. The molecule has 1 aliphatic carbocycles. The Morgan fingerprint density at radius 1 is 1.22 bits per heavy atom. The number of nitrogens with zero attached hydrogens (tertiary/aromatic N) is 3. The third kappa shape index (κ3) is 4.59. The zero-order chi connectivity index (χ0) is 13.5. The van der Waals surface area contributed by atoms with Gasteiger partial charge in [-0.15, -0.1) is 0 Å². The Labute approximate surface area is 113 Å². The smallest absolute Gasteiger partial charge is 0.0672 e. The van der Waals surface area contributed by atoms with E-state index in [2.05, 4.69) is 43.8 Å². The molecule has 1 saturated carbocycles. The lowest BCUT2D eigenvalue weighted by atomic mass is 9.79. The number of hydrogen-bond donors (Lipinski definition) is 0. The predicted octanol–water partition coefficient (Wildman–Crippen LogP) is 2.59. The van der Waals surface area contributed by atoms with E-state index in [1.54, 1.807) is 0 Å². The van der Waals surface area contributed by atoms with Crippen molar-refractivity contribution >= 4 is 0 Å². The second-order valence-electron chi connectivity index (χ2n) is 6.01. The van der Waals surface area contributed by atoms with Crippen LogP contribution >= 0.6 is 0 Å². The average molecular weight is 251 g/mol. The fraction of sp³-hybridized carbons (Fsp3) is 0.933. The quantitative estimate of drug-likeness (QED) is 0.727. The molecule has 0 aliphatic heterocycles. The van der Waals surface area contributed by atoms with Crippen molar-refractivity contribution < 1.29 is 0 Å². The summed E-state index contributed by atoms with van der Waals surface area (Å²) in [6.07, 6.45) is 4.72. The molecular weight excluding hydrogens is 222 g/mol. The van der Waals surface area contributed by atoms with Gasteiger partial charge in [-0.2, -0.15) is 5.26 Å². The van der Waals surface area contributed by atoms with E-state index >= 15 is 0 Å². The Balaban J connectivity index is 2.52. The van der Waals surface area contributed by atoms with E-state index in [1.807, 2.05) is 0 Å². The second-order valence-corrected chi connectivity index (χ2v) is 6.01. The van der Waals surface area contributed by atoms with Crippen LogP contribution in [0.3, 0.4) is 0 Å². The van der Waals surface area contributed by atoms with E-state index in [0.717, 1.165) is 32.0 Å². The molecule has 0 amide bonds. The molecule has 3 heteroatoms. The molecule has 3 nitrogen and oxygen atoms in total. The zero-order valence-electron chi connectivity index (χ0n) is 12.5. The topological polar surface area (TPSA) is 30.3 Å². The molecule has 0 N–H and O–H groups in total. The third-order valence-corrected chi connectivity index (χ3v) is 4.17. The molecule has 1 rings (SSSR count). The summed E-state index contributed by atoms with van der Waals surface area (Å²) in [7, 11) is 4.24. The van der Waals surface area contributed by atoms with Gasteiger partial charge in [0.15, 0.2) is 0 Å². The normalized spacial score (nSPS) is 28.6. The number of rotatable bonds is 6. The monoisotopic (exact) mass is 251 g/mol. The maximum Gasteiger partial charge on any atom is 0.0672 e. The SMILES string of the molecule is CCN(CCCN(C)C)C1CC(C)CCC1C#N. The van der Waals surface area contributed by atoms with Gasteiger partial charge < -0.3 is 4.90 Å².